The van der Waals surface area contributed by atoms with Crippen LogP contribution in [0.4, 0.5) is 13.2 Å². The van der Waals surface area contributed by atoms with Gasteiger partial charge >= 0.3 is 6.36 Å². The molecule has 0 fully saturated rings. The van der Waals surface area contributed by atoms with Crippen LogP contribution in [0.25, 0.3) is 0 Å². The summed E-state index contributed by atoms with van der Waals surface area (Å²) >= 11 is 0. The zero-order valence-electron chi connectivity index (χ0n) is 15.5. The maximum atomic E-state index is 12.4. The quantitative estimate of drug-likeness (QED) is 0.574. The van der Waals surface area contributed by atoms with Crippen LogP contribution in [0.15, 0.2) is 89.9 Å². The van der Waals surface area contributed by atoms with Crippen LogP contribution in [0.1, 0.15) is 22.7 Å². The van der Waals surface area contributed by atoms with Crippen LogP contribution in [-0.2, 0) is 0 Å². The van der Waals surface area contributed by atoms with E-state index in [4.69, 9.17) is 0 Å². The molecule has 3 aromatic carbocycles. The van der Waals surface area contributed by atoms with Gasteiger partial charge in [-0.3, -0.25) is 4.99 Å². The van der Waals surface area contributed by atoms with Gasteiger partial charge in [0.2, 0.25) is 0 Å². The predicted molar refractivity (Wildman–Crippen MR) is 106 cm³/mol. The van der Waals surface area contributed by atoms with Gasteiger partial charge < -0.3 is 9.64 Å². The maximum Gasteiger partial charge on any atom is 0.573 e. The smallest absolute Gasteiger partial charge is 0.406 e. The summed E-state index contributed by atoms with van der Waals surface area (Å²) in [5.74, 6) is 0.523. The lowest BCUT2D eigenvalue weighted by atomic mass is 9.96. The van der Waals surface area contributed by atoms with Gasteiger partial charge in [0.1, 0.15) is 11.6 Å². The first-order chi connectivity index (χ1) is 14.0. The number of nitrogens with zero attached hydrogens (tertiary/aromatic N) is 2. The van der Waals surface area contributed by atoms with Crippen LogP contribution >= 0.6 is 0 Å². The first kappa shape index (κ1) is 19.1. The lowest BCUT2D eigenvalue weighted by Gasteiger charge is -2.32. The van der Waals surface area contributed by atoms with E-state index in [2.05, 4.69) is 38.9 Å². The molecule has 4 rings (SSSR count). The van der Waals surface area contributed by atoms with Gasteiger partial charge in [0.25, 0.3) is 0 Å². The van der Waals surface area contributed by atoms with E-state index >= 15 is 0 Å². The van der Waals surface area contributed by atoms with Crippen molar-refractivity contribution in [2.45, 2.75) is 12.4 Å². The van der Waals surface area contributed by atoms with Crippen molar-refractivity contribution in [3.8, 4) is 5.75 Å². The number of ether oxygens (including phenoxy) is 1. The number of aliphatic imine (C=N–C) groups is 1. The Morgan fingerprint density at radius 1 is 0.793 bits per heavy atom. The van der Waals surface area contributed by atoms with E-state index in [1.165, 1.54) is 12.1 Å². The topological polar surface area (TPSA) is 24.8 Å². The second-order valence-corrected chi connectivity index (χ2v) is 6.69. The number of halogens is 3. The molecule has 0 aromatic heterocycles. The summed E-state index contributed by atoms with van der Waals surface area (Å²) in [6.07, 6.45) is -4.70. The average molecular weight is 396 g/mol. The molecule has 1 aliphatic rings. The Labute approximate surface area is 167 Å². The normalized spacial score (nSPS) is 14.2. The van der Waals surface area contributed by atoms with E-state index in [0.717, 1.165) is 29.1 Å². The third-order valence-corrected chi connectivity index (χ3v) is 4.76. The molecule has 0 saturated carbocycles. The van der Waals surface area contributed by atoms with Gasteiger partial charge in [-0.25, -0.2) is 0 Å². The fraction of sp³-hybridized carbons (Fsp3) is 0.174. The zero-order chi connectivity index (χ0) is 20.3. The fourth-order valence-corrected chi connectivity index (χ4v) is 3.60. The standard InChI is InChI=1S/C23H19F3N2O/c24-23(25,26)29-20-13-11-19(12-14-20)22-27-15-16-28(22)21(17-7-3-1-4-8-17)18-9-5-2-6-10-18/h1-14,21H,15-16H2. The highest BCUT2D eigenvalue weighted by molar-refractivity contribution is 6.00. The first-order valence-corrected chi connectivity index (χ1v) is 9.28. The number of amidine groups is 1. The summed E-state index contributed by atoms with van der Waals surface area (Å²) in [7, 11) is 0. The molecule has 0 atom stereocenters. The van der Waals surface area contributed by atoms with Crippen molar-refractivity contribution >= 4 is 5.84 Å². The molecule has 148 valence electrons. The van der Waals surface area contributed by atoms with Crippen molar-refractivity contribution in [3.05, 3.63) is 102 Å². The summed E-state index contributed by atoms with van der Waals surface area (Å²) < 4.78 is 41.3. The van der Waals surface area contributed by atoms with Gasteiger partial charge in [0.05, 0.1) is 12.6 Å². The summed E-state index contributed by atoms with van der Waals surface area (Å²) in [5, 5.41) is 0. The van der Waals surface area contributed by atoms with E-state index in [9.17, 15) is 13.2 Å². The highest BCUT2D eigenvalue weighted by Crippen LogP contribution is 2.32. The van der Waals surface area contributed by atoms with Crippen LogP contribution in [0.2, 0.25) is 0 Å². The number of benzene rings is 3. The van der Waals surface area contributed by atoms with Crippen LogP contribution in [0, 0.1) is 0 Å². The van der Waals surface area contributed by atoms with Crippen LogP contribution < -0.4 is 4.74 Å². The van der Waals surface area contributed by atoms with Crippen LogP contribution in [0.5, 0.6) is 5.75 Å². The van der Waals surface area contributed by atoms with Crippen molar-refractivity contribution in [2.24, 2.45) is 4.99 Å². The van der Waals surface area contributed by atoms with E-state index in [1.807, 2.05) is 36.4 Å². The molecule has 3 nitrogen and oxygen atoms in total. The molecule has 0 N–H and O–H groups in total. The van der Waals surface area contributed by atoms with E-state index < -0.39 is 6.36 Å². The number of hydrogen-bond donors (Lipinski definition) is 0. The van der Waals surface area contributed by atoms with E-state index in [0.29, 0.717) is 6.54 Å². The zero-order valence-corrected chi connectivity index (χ0v) is 15.5. The number of hydrogen-bond acceptors (Lipinski definition) is 3. The molecule has 0 amide bonds. The van der Waals surface area contributed by atoms with Gasteiger partial charge in [-0.1, -0.05) is 60.7 Å². The SMILES string of the molecule is FC(F)(F)Oc1ccc(C2=NCCN2C(c2ccccc2)c2ccccc2)cc1. The molecule has 0 aliphatic carbocycles. The summed E-state index contributed by atoms with van der Waals surface area (Å²) in [5.41, 5.74) is 3.02. The highest BCUT2D eigenvalue weighted by atomic mass is 19.4. The molecular formula is C23H19F3N2O. The van der Waals surface area contributed by atoms with Gasteiger partial charge in [-0.05, 0) is 35.4 Å². The molecule has 0 radical (unpaired) electrons. The third-order valence-electron chi connectivity index (χ3n) is 4.76. The molecule has 0 bridgehead atoms. The first-order valence-electron chi connectivity index (χ1n) is 9.28. The molecule has 0 saturated heterocycles. The van der Waals surface area contributed by atoms with Gasteiger partial charge in [0, 0.05) is 12.1 Å². The summed E-state index contributed by atoms with van der Waals surface area (Å²) in [6.45, 7) is 1.36. The lowest BCUT2D eigenvalue weighted by Crippen LogP contribution is -2.33. The van der Waals surface area contributed by atoms with Gasteiger partial charge in [0.15, 0.2) is 0 Å². The van der Waals surface area contributed by atoms with Gasteiger partial charge in [-0.2, -0.15) is 0 Å². The van der Waals surface area contributed by atoms with Crippen molar-refractivity contribution < 1.29 is 17.9 Å². The minimum absolute atomic E-state index is 0.0373. The molecule has 1 aliphatic heterocycles. The monoisotopic (exact) mass is 396 g/mol. The molecule has 3 aromatic rings. The minimum atomic E-state index is -4.70. The second kappa shape index (κ2) is 7.99. The maximum absolute atomic E-state index is 12.4. The van der Waals surface area contributed by atoms with E-state index in [1.54, 1.807) is 12.1 Å². The molecule has 29 heavy (non-hydrogen) atoms. The Morgan fingerprint density at radius 2 is 1.34 bits per heavy atom. The highest BCUT2D eigenvalue weighted by Gasteiger charge is 2.32. The minimum Gasteiger partial charge on any atom is -0.406 e. The Morgan fingerprint density at radius 3 is 1.86 bits per heavy atom. The molecular weight excluding hydrogens is 377 g/mol. The Kier molecular flexibility index (Phi) is 5.25. The lowest BCUT2D eigenvalue weighted by molar-refractivity contribution is -0.274. The van der Waals surface area contributed by atoms with Crippen molar-refractivity contribution in [1.29, 1.82) is 0 Å². The fourth-order valence-electron chi connectivity index (χ4n) is 3.60. The molecule has 1 heterocycles. The van der Waals surface area contributed by atoms with Crippen molar-refractivity contribution in [3.63, 3.8) is 0 Å². The Balaban J connectivity index is 1.67. The van der Waals surface area contributed by atoms with Crippen LogP contribution in [0.3, 0.4) is 0 Å². The van der Waals surface area contributed by atoms with Crippen LogP contribution in [-0.4, -0.2) is 30.2 Å². The largest absolute Gasteiger partial charge is 0.573 e. The average Bonchev–Trinajstić information content (AvgIpc) is 3.18. The number of rotatable bonds is 5. The third kappa shape index (κ3) is 4.42. The Hall–Kier alpha value is -3.28. The molecule has 0 spiro atoms. The Bertz CT molecular complexity index is 931. The van der Waals surface area contributed by atoms with Gasteiger partial charge in [-0.15, -0.1) is 13.2 Å². The van der Waals surface area contributed by atoms with Crippen molar-refractivity contribution in [1.82, 2.24) is 4.90 Å². The van der Waals surface area contributed by atoms with Crippen molar-refractivity contribution in [2.75, 3.05) is 13.1 Å². The summed E-state index contributed by atoms with van der Waals surface area (Å²) in [4.78, 5) is 6.84. The van der Waals surface area contributed by atoms with E-state index in [-0.39, 0.29) is 11.8 Å². The number of alkyl halides is 3. The predicted octanol–water partition coefficient (Wildman–Crippen LogP) is 5.44. The summed E-state index contributed by atoms with van der Waals surface area (Å²) in [6, 6.07) is 26.1. The molecule has 6 heteroatoms. The second-order valence-electron chi connectivity index (χ2n) is 6.69. The molecule has 0 unspecified atom stereocenters.